The van der Waals surface area contributed by atoms with Gasteiger partial charge in [0, 0.05) is 45.4 Å². The molecule has 8 nitrogen and oxygen atoms in total. The van der Waals surface area contributed by atoms with Gasteiger partial charge in [0.15, 0.2) is 4.34 Å². The number of rotatable bonds is 8. The molecule has 1 aromatic heterocycles. The Hall–Kier alpha value is -2.17. The van der Waals surface area contributed by atoms with Crippen molar-refractivity contribution in [2.75, 3.05) is 57.1 Å². The molecule has 2 heterocycles. The van der Waals surface area contributed by atoms with E-state index in [1.54, 1.807) is 7.11 Å². The van der Waals surface area contributed by atoms with Crippen LogP contribution in [-0.2, 0) is 9.53 Å². The van der Waals surface area contributed by atoms with Crippen LogP contribution in [0.25, 0.3) is 0 Å². The van der Waals surface area contributed by atoms with Crippen molar-refractivity contribution < 1.29 is 14.3 Å². The molecule has 156 valence electrons. The molecule has 2 aromatic rings. The number of hydrogen-bond acceptors (Lipinski definition) is 8. The lowest BCUT2D eigenvalue weighted by Gasteiger charge is -2.34. The fourth-order valence-electron chi connectivity index (χ4n) is 2.84. The molecule has 0 unspecified atom stereocenters. The standard InChI is InChI=1S/C19H25N5O3S2/c1-14-3-5-15(6-4-14)17(26)23-8-10-24(11-9-23)18-21-22-19(29-18)28-13-16(25)20-7-12-27-2/h3-6H,7-13H2,1-2H3,(H,20,25). The highest BCUT2D eigenvalue weighted by atomic mass is 32.2. The zero-order chi connectivity index (χ0) is 20.6. The molecule has 1 aromatic carbocycles. The lowest BCUT2D eigenvalue weighted by molar-refractivity contribution is -0.118. The molecule has 0 atom stereocenters. The molecule has 1 fully saturated rings. The number of ether oxygens (including phenoxy) is 1. The van der Waals surface area contributed by atoms with Gasteiger partial charge in [0.2, 0.25) is 11.0 Å². The van der Waals surface area contributed by atoms with E-state index in [0.29, 0.717) is 45.1 Å². The third-order valence-electron chi connectivity index (χ3n) is 4.49. The van der Waals surface area contributed by atoms with E-state index < -0.39 is 0 Å². The third-order valence-corrected chi connectivity index (χ3v) is 6.60. The van der Waals surface area contributed by atoms with Gasteiger partial charge in [-0.2, -0.15) is 0 Å². The molecule has 2 amide bonds. The van der Waals surface area contributed by atoms with E-state index >= 15 is 0 Å². The summed E-state index contributed by atoms with van der Waals surface area (Å²) in [4.78, 5) is 28.4. The average Bonchev–Trinajstić information content (AvgIpc) is 3.22. The molecule has 0 bridgehead atoms. The third kappa shape index (κ3) is 6.15. The van der Waals surface area contributed by atoms with Crippen molar-refractivity contribution in [1.29, 1.82) is 0 Å². The summed E-state index contributed by atoms with van der Waals surface area (Å²) in [5, 5.41) is 12.0. The summed E-state index contributed by atoms with van der Waals surface area (Å²) in [5.41, 5.74) is 1.87. The van der Waals surface area contributed by atoms with Crippen LogP contribution in [0.1, 0.15) is 15.9 Å². The van der Waals surface area contributed by atoms with Gasteiger partial charge in [0.1, 0.15) is 0 Å². The Morgan fingerprint density at radius 3 is 2.59 bits per heavy atom. The number of piperazine rings is 1. The van der Waals surface area contributed by atoms with Crippen LogP contribution < -0.4 is 10.2 Å². The van der Waals surface area contributed by atoms with Crippen LogP contribution in [0.3, 0.4) is 0 Å². The normalized spacial score (nSPS) is 14.1. The molecule has 0 aliphatic carbocycles. The number of anilines is 1. The van der Waals surface area contributed by atoms with Crippen molar-refractivity contribution in [2.45, 2.75) is 11.3 Å². The minimum Gasteiger partial charge on any atom is -0.383 e. The molecule has 0 saturated carbocycles. The van der Waals surface area contributed by atoms with E-state index in [1.807, 2.05) is 36.1 Å². The monoisotopic (exact) mass is 435 g/mol. The van der Waals surface area contributed by atoms with Crippen LogP contribution in [-0.4, -0.2) is 79.1 Å². The number of amides is 2. The minimum atomic E-state index is -0.0490. The van der Waals surface area contributed by atoms with Crippen LogP contribution in [0.2, 0.25) is 0 Å². The Morgan fingerprint density at radius 1 is 1.17 bits per heavy atom. The zero-order valence-corrected chi connectivity index (χ0v) is 18.2. The highest BCUT2D eigenvalue weighted by molar-refractivity contribution is 8.01. The number of nitrogens with zero attached hydrogens (tertiary/aromatic N) is 4. The maximum absolute atomic E-state index is 12.6. The summed E-state index contributed by atoms with van der Waals surface area (Å²) in [5.74, 6) is 0.321. The lowest BCUT2D eigenvalue weighted by atomic mass is 10.1. The first-order chi connectivity index (χ1) is 14.1. The largest absolute Gasteiger partial charge is 0.383 e. The molecule has 3 rings (SSSR count). The van der Waals surface area contributed by atoms with Crippen molar-refractivity contribution in [3.8, 4) is 0 Å². The van der Waals surface area contributed by atoms with Crippen LogP contribution in [0.5, 0.6) is 0 Å². The molecule has 29 heavy (non-hydrogen) atoms. The number of aromatic nitrogens is 2. The van der Waals surface area contributed by atoms with Crippen molar-refractivity contribution in [3.63, 3.8) is 0 Å². The quantitative estimate of drug-likeness (QED) is 0.498. The fourth-order valence-corrected chi connectivity index (χ4v) is 4.56. The molecule has 0 radical (unpaired) electrons. The number of hydrogen-bond donors (Lipinski definition) is 1. The van der Waals surface area contributed by atoms with Gasteiger partial charge < -0.3 is 19.9 Å². The second kappa shape index (κ2) is 10.6. The smallest absolute Gasteiger partial charge is 0.253 e. The maximum atomic E-state index is 12.6. The lowest BCUT2D eigenvalue weighted by Crippen LogP contribution is -2.48. The van der Waals surface area contributed by atoms with Gasteiger partial charge >= 0.3 is 0 Å². The van der Waals surface area contributed by atoms with E-state index in [9.17, 15) is 9.59 Å². The number of carbonyl (C=O) groups excluding carboxylic acids is 2. The van der Waals surface area contributed by atoms with Gasteiger partial charge in [0.05, 0.1) is 12.4 Å². The SMILES string of the molecule is COCCNC(=O)CSc1nnc(N2CCN(C(=O)c3ccc(C)cc3)CC2)s1. The summed E-state index contributed by atoms with van der Waals surface area (Å²) in [6, 6.07) is 7.68. The van der Waals surface area contributed by atoms with Crippen LogP contribution in [0, 0.1) is 6.92 Å². The maximum Gasteiger partial charge on any atom is 0.253 e. The van der Waals surface area contributed by atoms with Gasteiger partial charge in [-0.25, -0.2) is 0 Å². The predicted molar refractivity (Wildman–Crippen MR) is 115 cm³/mol. The Morgan fingerprint density at radius 2 is 1.90 bits per heavy atom. The van der Waals surface area contributed by atoms with E-state index in [4.69, 9.17) is 4.74 Å². The Balaban J connectivity index is 1.46. The van der Waals surface area contributed by atoms with Gasteiger partial charge in [0.25, 0.3) is 5.91 Å². The summed E-state index contributed by atoms with van der Waals surface area (Å²) in [6.07, 6.45) is 0. The summed E-state index contributed by atoms with van der Waals surface area (Å²) < 4.78 is 5.67. The highest BCUT2D eigenvalue weighted by Crippen LogP contribution is 2.28. The van der Waals surface area contributed by atoms with Gasteiger partial charge in [-0.15, -0.1) is 10.2 Å². The number of benzene rings is 1. The molecule has 0 spiro atoms. The molecule has 10 heteroatoms. The minimum absolute atomic E-state index is 0.0490. The molecular weight excluding hydrogens is 410 g/mol. The Kier molecular flexibility index (Phi) is 7.84. The first kappa shape index (κ1) is 21.5. The van der Waals surface area contributed by atoms with E-state index in [0.717, 1.165) is 20.6 Å². The van der Waals surface area contributed by atoms with E-state index in [1.165, 1.54) is 23.1 Å². The predicted octanol–water partition coefficient (Wildman–Crippen LogP) is 1.66. The van der Waals surface area contributed by atoms with Crippen molar-refractivity contribution >= 4 is 40.0 Å². The first-order valence-corrected chi connectivity index (χ1v) is 11.2. The second-order valence-electron chi connectivity index (χ2n) is 6.63. The summed E-state index contributed by atoms with van der Waals surface area (Å²) in [6.45, 7) is 5.74. The van der Waals surface area contributed by atoms with E-state index in [-0.39, 0.29) is 11.8 Å². The first-order valence-electron chi connectivity index (χ1n) is 9.39. The Labute approximate surface area is 178 Å². The van der Waals surface area contributed by atoms with Crippen LogP contribution in [0.15, 0.2) is 28.6 Å². The van der Waals surface area contributed by atoms with Gasteiger partial charge in [-0.3, -0.25) is 9.59 Å². The molecular formula is C19H25N5O3S2. The second-order valence-corrected chi connectivity index (χ2v) is 8.81. The highest BCUT2D eigenvalue weighted by Gasteiger charge is 2.24. The van der Waals surface area contributed by atoms with Crippen LogP contribution in [0.4, 0.5) is 5.13 Å². The van der Waals surface area contributed by atoms with Gasteiger partial charge in [-0.05, 0) is 19.1 Å². The molecule has 1 aliphatic heterocycles. The van der Waals surface area contributed by atoms with E-state index in [2.05, 4.69) is 20.4 Å². The number of carbonyl (C=O) groups is 2. The molecule has 1 saturated heterocycles. The number of thioether (sulfide) groups is 1. The topological polar surface area (TPSA) is 87.7 Å². The number of nitrogens with one attached hydrogen (secondary N) is 1. The Bertz CT molecular complexity index is 820. The van der Waals surface area contributed by atoms with Crippen molar-refractivity contribution in [2.24, 2.45) is 0 Å². The fraction of sp³-hybridized carbons (Fsp3) is 0.474. The summed E-state index contributed by atoms with van der Waals surface area (Å²) >= 11 is 2.85. The average molecular weight is 436 g/mol. The molecule has 1 N–H and O–H groups in total. The molecule has 1 aliphatic rings. The number of methoxy groups -OCH3 is 1. The van der Waals surface area contributed by atoms with Crippen molar-refractivity contribution in [3.05, 3.63) is 35.4 Å². The van der Waals surface area contributed by atoms with Crippen molar-refractivity contribution in [1.82, 2.24) is 20.4 Å². The summed E-state index contributed by atoms with van der Waals surface area (Å²) in [7, 11) is 1.60. The zero-order valence-electron chi connectivity index (χ0n) is 16.6. The van der Waals surface area contributed by atoms with Crippen LogP contribution >= 0.6 is 23.1 Å². The number of aryl methyl sites for hydroxylation is 1. The van der Waals surface area contributed by atoms with Gasteiger partial charge in [-0.1, -0.05) is 40.8 Å².